The number of carbonyl (C=O) groups is 1. The van der Waals surface area contributed by atoms with Crippen LogP contribution in [0.2, 0.25) is 0 Å². The Morgan fingerprint density at radius 3 is 2.48 bits per heavy atom. The lowest BCUT2D eigenvalue weighted by Gasteiger charge is -2.27. The predicted octanol–water partition coefficient (Wildman–Crippen LogP) is 3.08. The summed E-state index contributed by atoms with van der Waals surface area (Å²) in [6.45, 7) is 6.99. The number of aliphatic hydroxyl groups excluding tert-OH is 1. The molecule has 0 aliphatic rings. The fourth-order valence-corrected chi connectivity index (χ4v) is 2.15. The first-order chi connectivity index (χ1) is 9.95. The van der Waals surface area contributed by atoms with E-state index < -0.39 is 6.10 Å². The average Bonchev–Trinajstić information content (AvgIpc) is 2.43. The predicted molar refractivity (Wildman–Crippen MR) is 81.5 cm³/mol. The highest BCUT2D eigenvalue weighted by atomic mass is 19.1. The minimum Gasteiger partial charge on any atom is -0.388 e. The van der Waals surface area contributed by atoms with Crippen molar-refractivity contribution in [1.29, 1.82) is 0 Å². The number of halogens is 1. The van der Waals surface area contributed by atoms with Crippen LogP contribution < -0.4 is 5.32 Å². The molecule has 0 aromatic heterocycles. The molecule has 0 aliphatic heterocycles. The van der Waals surface area contributed by atoms with E-state index in [4.69, 9.17) is 0 Å². The van der Waals surface area contributed by atoms with Crippen LogP contribution in [0.4, 0.5) is 9.18 Å². The van der Waals surface area contributed by atoms with E-state index >= 15 is 0 Å². The van der Waals surface area contributed by atoms with Crippen molar-refractivity contribution in [2.24, 2.45) is 0 Å². The van der Waals surface area contributed by atoms with Crippen LogP contribution in [0.15, 0.2) is 24.3 Å². The van der Waals surface area contributed by atoms with E-state index in [-0.39, 0.29) is 17.9 Å². The zero-order valence-electron chi connectivity index (χ0n) is 13.0. The van der Waals surface area contributed by atoms with Gasteiger partial charge < -0.3 is 15.3 Å². The van der Waals surface area contributed by atoms with Crippen LogP contribution >= 0.6 is 0 Å². The largest absolute Gasteiger partial charge is 0.388 e. The molecule has 1 aromatic carbocycles. The van der Waals surface area contributed by atoms with Crippen molar-refractivity contribution in [1.82, 2.24) is 10.2 Å². The highest BCUT2D eigenvalue weighted by molar-refractivity contribution is 5.74. The van der Waals surface area contributed by atoms with Gasteiger partial charge in [-0.2, -0.15) is 0 Å². The molecule has 0 fully saturated rings. The third-order valence-corrected chi connectivity index (χ3v) is 3.34. The van der Waals surface area contributed by atoms with Gasteiger partial charge in [-0.25, -0.2) is 9.18 Å². The van der Waals surface area contributed by atoms with Crippen molar-refractivity contribution in [3.8, 4) is 0 Å². The number of hydrogen-bond acceptors (Lipinski definition) is 2. The molecule has 0 saturated carbocycles. The fraction of sp³-hybridized carbons (Fsp3) is 0.562. The molecule has 1 rings (SSSR count). The van der Waals surface area contributed by atoms with Gasteiger partial charge in [0.15, 0.2) is 0 Å². The Bertz CT molecular complexity index is 434. The smallest absolute Gasteiger partial charge is 0.317 e. The van der Waals surface area contributed by atoms with Gasteiger partial charge >= 0.3 is 6.03 Å². The summed E-state index contributed by atoms with van der Waals surface area (Å²) in [6.07, 6.45) is 0.594. The van der Waals surface area contributed by atoms with Crippen molar-refractivity contribution in [3.63, 3.8) is 0 Å². The molecule has 0 heterocycles. The van der Waals surface area contributed by atoms with Gasteiger partial charge in [-0.1, -0.05) is 12.1 Å². The monoisotopic (exact) mass is 296 g/mol. The number of carbonyl (C=O) groups excluding carboxylic acids is 1. The molecule has 1 unspecified atom stereocenters. The van der Waals surface area contributed by atoms with Gasteiger partial charge in [-0.05, 0) is 51.3 Å². The van der Waals surface area contributed by atoms with Crippen molar-refractivity contribution in [2.75, 3.05) is 13.1 Å². The zero-order valence-corrected chi connectivity index (χ0v) is 13.0. The third kappa shape index (κ3) is 5.71. The van der Waals surface area contributed by atoms with Crippen LogP contribution in [-0.4, -0.2) is 35.2 Å². The van der Waals surface area contributed by atoms with Crippen LogP contribution in [0.1, 0.15) is 45.3 Å². The molecule has 0 bridgehead atoms. The maximum Gasteiger partial charge on any atom is 0.317 e. The van der Waals surface area contributed by atoms with E-state index in [9.17, 15) is 14.3 Å². The molecule has 118 valence electrons. The van der Waals surface area contributed by atoms with E-state index in [2.05, 4.69) is 5.32 Å². The summed E-state index contributed by atoms with van der Waals surface area (Å²) in [5, 5.41) is 12.8. The lowest BCUT2D eigenvalue weighted by molar-refractivity contribution is 0.149. The Hall–Kier alpha value is -1.62. The number of hydrogen-bond donors (Lipinski definition) is 2. The van der Waals surface area contributed by atoms with E-state index in [0.29, 0.717) is 31.5 Å². The van der Waals surface area contributed by atoms with Crippen molar-refractivity contribution in [2.45, 2.75) is 45.8 Å². The molecule has 0 aliphatic carbocycles. The number of aliphatic hydroxyl groups is 1. The Kier molecular flexibility index (Phi) is 7.15. The summed E-state index contributed by atoms with van der Waals surface area (Å²) in [7, 11) is 0. The second-order valence-electron chi connectivity index (χ2n) is 5.33. The molecule has 0 saturated heterocycles. The van der Waals surface area contributed by atoms with Crippen LogP contribution in [0.3, 0.4) is 0 Å². The Balaban J connectivity index is 2.46. The maximum atomic E-state index is 12.8. The van der Waals surface area contributed by atoms with Crippen LogP contribution in [-0.2, 0) is 0 Å². The maximum absolute atomic E-state index is 12.8. The van der Waals surface area contributed by atoms with Gasteiger partial charge in [0.2, 0.25) is 0 Å². The molecular weight excluding hydrogens is 271 g/mol. The van der Waals surface area contributed by atoms with Crippen molar-refractivity contribution < 1.29 is 14.3 Å². The summed E-state index contributed by atoms with van der Waals surface area (Å²) in [5.74, 6) is -0.312. The molecule has 0 spiro atoms. The number of benzene rings is 1. The number of amides is 2. The van der Waals surface area contributed by atoms with Crippen molar-refractivity contribution in [3.05, 3.63) is 35.6 Å². The minimum absolute atomic E-state index is 0.0798. The topological polar surface area (TPSA) is 52.6 Å². The lowest BCUT2D eigenvalue weighted by atomic mass is 10.0. The van der Waals surface area contributed by atoms with E-state index in [0.717, 1.165) is 0 Å². The Morgan fingerprint density at radius 2 is 1.95 bits per heavy atom. The second kappa shape index (κ2) is 8.62. The molecule has 2 amide bonds. The first-order valence-electron chi connectivity index (χ1n) is 7.43. The normalized spacial score (nSPS) is 12.3. The molecule has 4 nitrogen and oxygen atoms in total. The highest BCUT2D eigenvalue weighted by Crippen LogP contribution is 2.19. The van der Waals surface area contributed by atoms with E-state index in [1.54, 1.807) is 17.0 Å². The summed E-state index contributed by atoms with van der Waals surface area (Å²) < 4.78 is 12.8. The Morgan fingerprint density at radius 1 is 1.33 bits per heavy atom. The van der Waals surface area contributed by atoms with Gasteiger partial charge in [0.1, 0.15) is 5.82 Å². The molecular formula is C16H25FN2O2. The van der Waals surface area contributed by atoms with Crippen LogP contribution in [0.25, 0.3) is 0 Å². The fourth-order valence-electron chi connectivity index (χ4n) is 2.15. The minimum atomic E-state index is -0.631. The standard InChI is InChI=1S/C16H25FN2O2/c1-4-18-16(21)19(12(2)3)11-5-6-15(20)13-7-9-14(17)10-8-13/h7-10,12,15,20H,4-6,11H2,1-3H3,(H,18,21). The van der Waals surface area contributed by atoms with Gasteiger partial charge in [-0.3, -0.25) is 0 Å². The van der Waals surface area contributed by atoms with Gasteiger partial charge in [-0.15, -0.1) is 0 Å². The van der Waals surface area contributed by atoms with Crippen LogP contribution in [0, 0.1) is 5.82 Å². The Labute approximate surface area is 126 Å². The third-order valence-electron chi connectivity index (χ3n) is 3.34. The summed E-state index contributed by atoms with van der Waals surface area (Å²) in [4.78, 5) is 13.6. The van der Waals surface area contributed by atoms with Crippen molar-refractivity contribution >= 4 is 6.03 Å². The van der Waals surface area contributed by atoms with Crippen LogP contribution in [0.5, 0.6) is 0 Å². The molecule has 2 N–H and O–H groups in total. The highest BCUT2D eigenvalue weighted by Gasteiger charge is 2.16. The van der Waals surface area contributed by atoms with E-state index in [1.165, 1.54) is 12.1 Å². The number of urea groups is 1. The number of nitrogens with one attached hydrogen (secondary N) is 1. The van der Waals surface area contributed by atoms with Gasteiger partial charge in [0.05, 0.1) is 6.10 Å². The SMILES string of the molecule is CCNC(=O)N(CCCC(O)c1ccc(F)cc1)C(C)C. The summed E-state index contributed by atoms with van der Waals surface area (Å²) >= 11 is 0. The molecule has 1 aromatic rings. The van der Waals surface area contributed by atoms with Gasteiger partial charge in [0.25, 0.3) is 0 Å². The summed E-state index contributed by atoms with van der Waals surface area (Å²) in [5.41, 5.74) is 0.700. The first-order valence-corrected chi connectivity index (χ1v) is 7.43. The lowest BCUT2D eigenvalue weighted by Crippen LogP contribution is -2.44. The number of nitrogens with zero attached hydrogens (tertiary/aromatic N) is 1. The van der Waals surface area contributed by atoms with Gasteiger partial charge in [0, 0.05) is 19.1 Å². The second-order valence-corrected chi connectivity index (χ2v) is 5.33. The molecule has 0 radical (unpaired) electrons. The number of rotatable bonds is 7. The molecule has 5 heteroatoms. The molecule has 1 atom stereocenters. The summed E-state index contributed by atoms with van der Waals surface area (Å²) in [6, 6.07) is 5.89. The quantitative estimate of drug-likeness (QED) is 0.812. The first kappa shape index (κ1) is 17.4. The average molecular weight is 296 g/mol. The zero-order chi connectivity index (χ0) is 15.8. The van der Waals surface area contributed by atoms with E-state index in [1.807, 2.05) is 20.8 Å². The molecule has 21 heavy (non-hydrogen) atoms.